The Morgan fingerprint density at radius 3 is 2.71 bits per heavy atom. The van der Waals surface area contributed by atoms with Crippen molar-refractivity contribution in [2.45, 2.75) is 32.9 Å². The topological polar surface area (TPSA) is 30.5 Å². The molecule has 0 fully saturated rings. The molecule has 2 rings (SSSR count). The van der Waals surface area contributed by atoms with Gasteiger partial charge in [0.15, 0.2) is 11.5 Å². The Hall–Kier alpha value is -1.59. The lowest BCUT2D eigenvalue weighted by atomic mass is 10.2. The maximum absolute atomic E-state index is 13.7. The van der Waals surface area contributed by atoms with Crippen LogP contribution in [0, 0.1) is 5.82 Å². The van der Waals surface area contributed by atoms with Crippen molar-refractivity contribution < 1.29 is 13.9 Å². The summed E-state index contributed by atoms with van der Waals surface area (Å²) in [4.78, 5) is 0. The monoisotopic (exact) mass is 395 g/mol. The van der Waals surface area contributed by atoms with Gasteiger partial charge in [-0.15, -0.1) is 0 Å². The van der Waals surface area contributed by atoms with E-state index in [0.29, 0.717) is 17.1 Å². The molecule has 2 aromatic rings. The second kappa shape index (κ2) is 9.64. The molecule has 0 spiro atoms. The van der Waals surface area contributed by atoms with Gasteiger partial charge in [0.05, 0.1) is 11.6 Å². The van der Waals surface area contributed by atoms with Crippen molar-refractivity contribution in [3.8, 4) is 11.5 Å². The van der Waals surface area contributed by atoms with Crippen LogP contribution in [-0.2, 0) is 13.2 Å². The highest BCUT2D eigenvalue weighted by atomic mass is 79.9. The van der Waals surface area contributed by atoms with Crippen LogP contribution in [0.1, 0.15) is 30.9 Å². The lowest BCUT2D eigenvalue weighted by molar-refractivity contribution is 0.277. The van der Waals surface area contributed by atoms with Crippen LogP contribution in [0.4, 0.5) is 4.39 Å². The standard InChI is InChI=1S/C19H23BrFNO2/c1-3-4-9-22-12-14-10-16(20)19(18(11-14)23-2)24-13-15-7-5-6-8-17(15)21/h5-8,10-11,22H,3-4,9,12-13H2,1-2H3. The van der Waals surface area contributed by atoms with E-state index in [1.807, 2.05) is 12.1 Å². The molecule has 0 aliphatic rings. The second-order valence-electron chi connectivity index (χ2n) is 5.52. The van der Waals surface area contributed by atoms with E-state index in [4.69, 9.17) is 9.47 Å². The van der Waals surface area contributed by atoms with Gasteiger partial charge in [0.1, 0.15) is 12.4 Å². The highest BCUT2D eigenvalue weighted by molar-refractivity contribution is 9.10. The number of nitrogens with one attached hydrogen (secondary N) is 1. The summed E-state index contributed by atoms with van der Waals surface area (Å²) in [6, 6.07) is 10.5. The van der Waals surface area contributed by atoms with Gasteiger partial charge >= 0.3 is 0 Å². The van der Waals surface area contributed by atoms with Crippen molar-refractivity contribution in [1.82, 2.24) is 5.32 Å². The molecule has 0 saturated heterocycles. The molecule has 0 amide bonds. The average molecular weight is 396 g/mol. The normalized spacial score (nSPS) is 10.7. The van der Waals surface area contributed by atoms with Crippen LogP contribution in [0.15, 0.2) is 40.9 Å². The predicted molar refractivity (Wildman–Crippen MR) is 98.0 cm³/mol. The van der Waals surface area contributed by atoms with Gasteiger partial charge in [-0.25, -0.2) is 4.39 Å². The first-order chi connectivity index (χ1) is 11.7. The Balaban J connectivity index is 2.08. The van der Waals surface area contributed by atoms with Gasteiger partial charge < -0.3 is 14.8 Å². The van der Waals surface area contributed by atoms with Crippen molar-refractivity contribution in [3.63, 3.8) is 0 Å². The van der Waals surface area contributed by atoms with E-state index in [2.05, 4.69) is 28.2 Å². The molecule has 5 heteroatoms. The molecule has 0 bridgehead atoms. The summed E-state index contributed by atoms with van der Waals surface area (Å²) in [7, 11) is 1.60. The molecule has 0 aromatic heterocycles. The molecule has 3 nitrogen and oxygen atoms in total. The van der Waals surface area contributed by atoms with Crippen LogP contribution in [-0.4, -0.2) is 13.7 Å². The maximum Gasteiger partial charge on any atom is 0.175 e. The van der Waals surface area contributed by atoms with Gasteiger partial charge in [-0.05, 0) is 52.7 Å². The SMILES string of the molecule is CCCCNCc1cc(Br)c(OCc2ccccc2F)c(OC)c1. The van der Waals surface area contributed by atoms with Gasteiger partial charge in [-0.2, -0.15) is 0 Å². The highest BCUT2D eigenvalue weighted by Gasteiger charge is 2.13. The van der Waals surface area contributed by atoms with E-state index >= 15 is 0 Å². The molecule has 0 aliphatic carbocycles. The molecule has 24 heavy (non-hydrogen) atoms. The molecule has 0 heterocycles. The van der Waals surface area contributed by atoms with E-state index < -0.39 is 0 Å². The summed E-state index contributed by atoms with van der Waals surface area (Å²) < 4.78 is 25.7. The van der Waals surface area contributed by atoms with Crippen LogP contribution in [0.5, 0.6) is 11.5 Å². The minimum atomic E-state index is -0.274. The van der Waals surface area contributed by atoms with E-state index in [9.17, 15) is 4.39 Å². The van der Waals surface area contributed by atoms with E-state index in [-0.39, 0.29) is 12.4 Å². The third-order valence-corrected chi connectivity index (χ3v) is 4.24. The zero-order valence-electron chi connectivity index (χ0n) is 14.1. The molecule has 130 valence electrons. The third kappa shape index (κ3) is 5.21. The minimum absolute atomic E-state index is 0.149. The van der Waals surface area contributed by atoms with Gasteiger partial charge in [0.25, 0.3) is 0 Å². The second-order valence-corrected chi connectivity index (χ2v) is 6.37. The third-order valence-electron chi connectivity index (χ3n) is 3.66. The number of halogens is 2. The summed E-state index contributed by atoms with van der Waals surface area (Å²) in [6.45, 7) is 4.07. The number of hydrogen-bond donors (Lipinski definition) is 1. The first kappa shape index (κ1) is 18.7. The van der Waals surface area contributed by atoms with Crippen molar-refractivity contribution in [3.05, 3.63) is 57.8 Å². The molecular weight excluding hydrogens is 373 g/mol. The summed E-state index contributed by atoms with van der Waals surface area (Å²) in [6.07, 6.45) is 2.32. The quantitative estimate of drug-likeness (QED) is 0.601. The summed E-state index contributed by atoms with van der Waals surface area (Å²) >= 11 is 3.53. The van der Waals surface area contributed by atoms with Gasteiger partial charge in [0.2, 0.25) is 0 Å². The fraction of sp³-hybridized carbons (Fsp3) is 0.368. The predicted octanol–water partition coefficient (Wildman–Crippen LogP) is 5.07. The van der Waals surface area contributed by atoms with E-state index in [0.717, 1.165) is 29.5 Å². The molecular formula is C19H23BrFNO2. The lowest BCUT2D eigenvalue weighted by Crippen LogP contribution is -2.14. The highest BCUT2D eigenvalue weighted by Crippen LogP contribution is 2.37. The van der Waals surface area contributed by atoms with Crippen LogP contribution in [0.25, 0.3) is 0 Å². The summed E-state index contributed by atoms with van der Waals surface area (Å²) in [5.41, 5.74) is 1.62. The van der Waals surface area contributed by atoms with Crippen molar-refractivity contribution in [1.29, 1.82) is 0 Å². The number of ether oxygens (including phenoxy) is 2. The molecule has 0 radical (unpaired) electrons. The van der Waals surface area contributed by atoms with Crippen LogP contribution in [0.2, 0.25) is 0 Å². The number of unbranched alkanes of at least 4 members (excludes halogenated alkanes) is 1. The molecule has 0 atom stereocenters. The molecule has 1 N–H and O–H groups in total. The van der Waals surface area contributed by atoms with Crippen molar-refractivity contribution in [2.24, 2.45) is 0 Å². The fourth-order valence-corrected chi connectivity index (χ4v) is 2.92. The zero-order chi connectivity index (χ0) is 17.4. The molecule has 0 saturated carbocycles. The smallest absolute Gasteiger partial charge is 0.175 e. The largest absolute Gasteiger partial charge is 0.493 e. The number of benzene rings is 2. The number of methoxy groups -OCH3 is 1. The first-order valence-electron chi connectivity index (χ1n) is 8.09. The Labute approximate surface area is 151 Å². The van der Waals surface area contributed by atoms with Crippen molar-refractivity contribution >= 4 is 15.9 Å². The number of rotatable bonds is 9. The van der Waals surface area contributed by atoms with E-state index in [1.165, 1.54) is 12.5 Å². The van der Waals surface area contributed by atoms with Gasteiger partial charge in [-0.1, -0.05) is 31.5 Å². The Morgan fingerprint density at radius 1 is 1.21 bits per heavy atom. The maximum atomic E-state index is 13.7. The molecule has 2 aromatic carbocycles. The lowest BCUT2D eigenvalue weighted by Gasteiger charge is -2.15. The average Bonchev–Trinajstić information content (AvgIpc) is 2.58. The molecule has 0 aliphatic heterocycles. The molecule has 0 unspecified atom stereocenters. The summed E-state index contributed by atoms with van der Waals surface area (Å²) in [5.74, 6) is 0.940. The van der Waals surface area contributed by atoms with Gasteiger partial charge in [-0.3, -0.25) is 0 Å². The van der Waals surface area contributed by atoms with Crippen LogP contribution in [0.3, 0.4) is 0 Å². The zero-order valence-corrected chi connectivity index (χ0v) is 15.7. The van der Waals surface area contributed by atoms with Gasteiger partial charge in [0, 0.05) is 12.1 Å². The minimum Gasteiger partial charge on any atom is -0.493 e. The van der Waals surface area contributed by atoms with Crippen LogP contribution >= 0.6 is 15.9 Å². The summed E-state index contributed by atoms with van der Waals surface area (Å²) in [5, 5.41) is 3.40. The van der Waals surface area contributed by atoms with Crippen molar-refractivity contribution in [2.75, 3.05) is 13.7 Å². The Bertz CT molecular complexity index is 664. The fourth-order valence-electron chi connectivity index (χ4n) is 2.32. The Kier molecular flexibility index (Phi) is 7.53. The van der Waals surface area contributed by atoms with E-state index in [1.54, 1.807) is 25.3 Å². The Morgan fingerprint density at radius 2 is 2.00 bits per heavy atom. The van der Waals surface area contributed by atoms with Crippen LogP contribution < -0.4 is 14.8 Å². The first-order valence-corrected chi connectivity index (χ1v) is 8.88. The number of hydrogen-bond acceptors (Lipinski definition) is 3.